The van der Waals surface area contributed by atoms with E-state index in [0.29, 0.717) is 6.04 Å². The second-order valence-corrected chi connectivity index (χ2v) is 4.73. The quantitative estimate of drug-likeness (QED) is 0.673. The average Bonchev–Trinajstić information content (AvgIpc) is 2.43. The highest BCUT2D eigenvalue weighted by molar-refractivity contribution is 9.09. The van der Waals surface area contributed by atoms with E-state index in [1.807, 2.05) is 0 Å². The summed E-state index contributed by atoms with van der Waals surface area (Å²) in [5.74, 6) is 0. The van der Waals surface area contributed by atoms with Gasteiger partial charge in [-0.3, -0.25) is 9.80 Å². The van der Waals surface area contributed by atoms with Crippen molar-refractivity contribution in [3.63, 3.8) is 0 Å². The first kappa shape index (κ1) is 11.4. The highest BCUT2D eigenvalue weighted by Gasteiger charge is 2.25. The smallest absolute Gasteiger partial charge is 0.0508 e. The van der Waals surface area contributed by atoms with Crippen LogP contribution >= 0.6 is 15.9 Å². The molecular formula is C9H20BrN3. The zero-order valence-electron chi connectivity index (χ0n) is 8.83. The van der Waals surface area contributed by atoms with Gasteiger partial charge in [0, 0.05) is 31.0 Å². The molecule has 0 saturated carbocycles. The standard InChI is InChI=1S/C9H20BrN3/c1-11(2)4-5-13-7-9(6-10)12(3)8-13/h9H,4-8H2,1-3H3. The van der Waals surface area contributed by atoms with Crippen LogP contribution in [0.25, 0.3) is 0 Å². The minimum atomic E-state index is 0.696. The molecule has 1 fully saturated rings. The van der Waals surface area contributed by atoms with E-state index in [4.69, 9.17) is 0 Å². The van der Waals surface area contributed by atoms with E-state index in [2.05, 4.69) is 51.8 Å². The molecule has 1 atom stereocenters. The first-order valence-corrected chi connectivity index (χ1v) is 5.89. The molecule has 0 amide bonds. The zero-order chi connectivity index (χ0) is 9.84. The van der Waals surface area contributed by atoms with Crippen LogP contribution in [0, 0.1) is 0 Å². The average molecular weight is 250 g/mol. The Labute approximate surface area is 89.8 Å². The molecular weight excluding hydrogens is 230 g/mol. The highest BCUT2D eigenvalue weighted by Crippen LogP contribution is 2.12. The van der Waals surface area contributed by atoms with Crippen LogP contribution in [0.2, 0.25) is 0 Å². The molecule has 4 heteroatoms. The van der Waals surface area contributed by atoms with Gasteiger partial charge in [-0.15, -0.1) is 0 Å². The lowest BCUT2D eigenvalue weighted by Gasteiger charge is -2.17. The number of alkyl halides is 1. The van der Waals surface area contributed by atoms with Crippen LogP contribution < -0.4 is 0 Å². The van der Waals surface area contributed by atoms with Gasteiger partial charge in [-0.2, -0.15) is 0 Å². The van der Waals surface area contributed by atoms with Crippen molar-refractivity contribution < 1.29 is 0 Å². The van der Waals surface area contributed by atoms with Gasteiger partial charge in [-0.05, 0) is 21.1 Å². The maximum atomic E-state index is 3.55. The summed E-state index contributed by atoms with van der Waals surface area (Å²) in [4.78, 5) is 7.15. The van der Waals surface area contributed by atoms with E-state index in [1.165, 1.54) is 13.1 Å². The first-order chi connectivity index (χ1) is 6.13. The summed E-state index contributed by atoms with van der Waals surface area (Å²) >= 11 is 3.55. The summed E-state index contributed by atoms with van der Waals surface area (Å²) in [6, 6.07) is 0.696. The van der Waals surface area contributed by atoms with Crippen molar-refractivity contribution in [3.8, 4) is 0 Å². The van der Waals surface area contributed by atoms with Crippen LogP contribution in [0.4, 0.5) is 0 Å². The molecule has 1 heterocycles. The van der Waals surface area contributed by atoms with Crippen molar-refractivity contribution in [2.75, 3.05) is 52.8 Å². The maximum absolute atomic E-state index is 3.55. The summed E-state index contributed by atoms with van der Waals surface area (Å²) in [5, 5.41) is 1.09. The molecule has 0 aliphatic carbocycles. The first-order valence-electron chi connectivity index (χ1n) is 4.76. The predicted molar refractivity (Wildman–Crippen MR) is 60.3 cm³/mol. The number of nitrogens with zero attached hydrogens (tertiary/aromatic N) is 3. The molecule has 0 aromatic carbocycles. The van der Waals surface area contributed by atoms with Gasteiger partial charge < -0.3 is 4.90 Å². The minimum Gasteiger partial charge on any atom is -0.308 e. The molecule has 1 saturated heterocycles. The van der Waals surface area contributed by atoms with Crippen molar-refractivity contribution in [2.45, 2.75) is 6.04 Å². The summed E-state index contributed by atoms with van der Waals surface area (Å²) in [6.07, 6.45) is 0. The molecule has 1 unspecified atom stereocenters. The molecule has 0 radical (unpaired) electrons. The lowest BCUT2D eigenvalue weighted by molar-refractivity contribution is 0.242. The van der Waals surface area contributed by atoms with Crippen LogP contribution in [0.5, 0.6) is 0 Å². The Kier molecular flexibility index (Phi) is 4.66. The fourth-order valence-corrected chi connectivity index (χ4v) is 2.30. The van der Waals surface area contributed by atoms with Crippen LogP contribution in [0.15, 0.2) is 0 Å². The molecule has 0 bridgehead atoms. The van der Waals surface area contributed by atoms with E-state index in [1.54, 1.807) is 0 Å². The summed E-state index contributed by atoms with van der Waals surface area (Å²) < 4.78 is 0. The SMILES string of the molecule is CN(C)CCN1CC(CBr)N(C)C1. The molecule has 1 aliphatic rings. The second kappa shape index (κ2) is 5.29. The Bertz CT molecular complexity index is 152. The van der Waals surface area contributed by atoms with E-state index in [-0.39, 0.29) is 0 Å². The molecule has 0 aromatic rings. The van der Waals surface area contributed by atoms with E-state index < -0.39 is 0 Å². The van der Waals surface area contributed by atoms with Gasteiger partial charge >= 0.3 is 0 Å². The van der Waals surface area contributed by atoms with Crippen LogP contribution in [-0.2, 0) is 0 Å². The Hall–Kier alpha value is 0.360. The number of hydrogen-bond donors (Lipinski definition) is 0. The third kappa shape index (κ3) is 3.54. The number of hydrogen-bond acceptors (Lipinski definition) is 3. The largest absolute Gasteiger partial charge is 0.308 e. The third-order valence-electron chi connectivity index (χ3n) is 2.56. The Morgan fingerprint density at radius 3 is 2.62 bits per heavy atom. The maximum Gasteiger partial charge on any atom is 0.0508 e. The topological polar surface area (TPSA) is 9.72 Å². The van der Waals surface area contributed by atoms with E-state index in [9.17, 15) is 0 Å². The monoisotopic (exact) mass is 249 g/mol. The van der Waals surface area contributed by atoms with Gasteiger partial charge in [0.1, 0.15) is 0 Å². The van der Waals surface area contributed by atoms with Crippen LogP contribution in [0.3, 0.4) is 0 Å². The predicted octanol–water partition coefficient (Wildman–Crippen LogP) is 0.516. The molecule has 13 heavy (non-hydrogen) atoms. The second-order valence-electron chi connectivity index (χ2n) is 4.09. The van der Waals surface area contributed by atoms with Crippen molar-refractivity contribution in [1.29, 1.82) is 0 Å². The van der Waals surface area contributed by atoms with Crippen molar-refractivity contribution in [3.05, 3.63) is 0 Å². The third-order valence-corrected chi connectivity index (χ3v) is 3.30. The van der Waals surface area contributed by atoms with Crippen LogP contribution in [-0.4, -0.2) is 73.5 Å². The summed E-state index contributed by atoms with van der Waals surface area (Å²) in [5.41, 5.74) is 0. The fraction of sp³-hybridized carbons (Fsp3) is 1.00. The summed E-state index contributed by atoms with van der Waals surface area (Å²) in [7, 11) is 6.45. The number of likely N-dealkylation sites (N-methyl/N-ethyl adjacent to an activating group) is 2. The molecule has 0 aromatic heterocycles. The van der Waals surface area contributed by atoms with Crippen molar-refractivity contribution in [1.82, 2.24) is 14.7 Å². The number of halogens is 1. The van der Waals surface area contributed by atoms with E-state index in [0.717, 1.165) is 18.5 Å². The normalized spacial score (nSPS) is 26.1. The van der Waals surface area contributed by atoms with Gasteiger partial charge in [-0.1, -0.05) is 15.9 Å². The van der Waals surface area contributed by atoms with Crippen LogP contribution in [0.1, 0.15) is 0 Å². The Balaban J connectivity index is 2.23. The van der Waals surface area contributed by atoms with Gasteiger partial charge in [0.05, 0.1) is 6.67 Å². The Morgan fingerprint density at radius 1 is 1.46 bits per heavy atom. The molecule has 0 spiro atoms. The molecule has 78 valence electrons. The minimum absolute atomic E-state index is 0.696. The highest BCUT2D eigenvalue weighted by atomic mass is 79.9. The molecule has 1 aliphatic heterocycles. The molecule has 0 N–H and O–H groups in total. The van der Waals surface area contributed by atoms with Crippen molar-refractivity contribution >= 4 is 15.9 Å². The van der Waals surface area contributed by atoms with E-state index >= 15 is 0 Å². The number of rotatable bonds is 4. The lowest BCUT2D eigenvalue weighted by Crippen LogP contribution is -2.31. The van der Waals surface area contributed by atoms with Crippen molar-refractivity contribution in [2.24, 2.45) is 0 Å². The van der Waals surface area contributed by atoms with Gasteiger partial charge in [0.2, 0.25) is 0 Å². The van der Waals surface area contributed by atoms with Gasteiger partial charge in [-0.25, -0.2) is 0 Å². The lowest BCUT2D eigenvalue weighted by atomic mass is 10.3. The fourth-order valence-electron chi connectivity index (χ4n) is 1.60. The summed E-state index contributed by atoms with van der Waals surface area (Å²) in [6.45, 7) is 4.66. The van der Waals surface area contributed by atoms with Gasteiger partial charge in [0.25, 0.3) is 0 Å². The molecule has 3 nitrogen and oxygen atoms in total. The van der Waals surface area contributed by atoms with Gasteiger partial charge in [0.15, 0.2) is 0 Å². The molecule has 1 rings (SSSR count). The zero-order valence-corrected chi connectivity index (χ0v) is 10.4. The Morgan fingerprint density at radius 2 is 2.15 bits per heavy atom.